The fourth-order valence-corrected chi connectivity index (χ4v) is 6.15. The van der Waals surface area contributed by atoms with Gasteiger partial charge in [-0.05, 0) is 54.5 Å². The number of halogens is 2. The molecule has 0 amide bonds. The third kappa shape index (κ3) is 5.85. The lowest BCUT2D eigenvalue weighted by Gasteiger charge is -2.33. The largest absolute Gasteiger partial charge is 0.352 e. The number of hydrogen-bond acceptors (Lipinski definition) is 2. The first kappa shape index (κ1) is 20.9. The normalized spacial score (nSPS) is 41.0. The molecule has 0 aromatic heterocycles. The molecule has 4 heteroatoms. The zero-order valence-corrected chi connectivity index (χ0v) is 17.8. The van der Waals surface area contributed by atoms with E-state index in [2.05, 4.69) is 6.92 Å². The molecule has 0 radical (unpaired) electrons. The molecular weight excluding hydrogens is 367 g/mol. The molecule has 6 atom stereocenters. The number of carbonyl (C=O) groups excluding carboxylic acids is 1. The lowest BCUT2D eigenvalue weighted by atomic mass is 9.72. The van der Waals surface area contributed by atoms with Crippen LogP contribution in [0.15, 0.2) is 0 Å². The van der Waals surface area contributed by atoms with Gasteiger partial charge in [-0.25, -0.2) is 0 Å². The van der Waals surface area contributed by atoms with Crippen molar-refractivity contribution in [1.82, 2.24) is 0 Å². The molecule has 150 valence electrons. The Morgan fingerprint density at radius 1 is 0.846 bits per heavy atom. The van der Waals surface area contributed by atoms with E-state index in [-0.39, 0.29) is 22.8 Å². The second-order valence-corrected chi connectivity index (χ2v) is 10.0. The fraction of sp³-hybridized carbons (Fsp3) is 0.955. The number of rotatable bonds is 3. The molecule has 3 fully saturated rings. The van der Waals surface area contributed by atoms with Gasteiger partial charge in [-0.15, -0.1) is 0 Å². The van der Waals surface area contributed by atoms with E-state index in [0.29, 0.717) is 17.8 Å². The van der Waals surface area contributed by atoms with Gasteiger partial charge in [-0.2, -0.15) is 0 Å². The smallest absolute Gasteiger partial charge is 0.224 e. The molecule has 2 saturated carbocycles. The van der Waals surface area contributed by atoms with Gasteiger partial charge in [0.05, 0.1) is 0 Å². The zero-order valence-electron chi connectivity index (χ0n) is 16.3. The summed E-state index contributed by atoms with van der Waals surface area (Å²) in [5.74, 6) is 2.55. The Morgan fingerprint density at radius 3 is 2.04 bits per heavy atom. The maximum Gasteiger partial charge on any atom is 0.224 e. The monoisotopic (exact) mass is 402 g/mol. The van der Waals surface area contributed by atoms with E-state index in [0.717, 1.165) is 31.6 Å². The molecule has 0 aromatic rings. The molecule has 0 bridgehead atoms. The number of alkyl halides is 1. The van der Waals surface area contributed by atoms with E-state index in [1.54, 1.807) is 0 Å². The van der Waals surface area contributed by atoms with Gasteiger partial charge in [0, 0.05) is 5.92 Å². The third-order valence-electron chi connectivity index (χ3n) is 7.38. The molecule has 3 aliphatic rings. The number of hydrogen-bond donors (Lipinski definition) is 0. The Hall–Kier alpha value is 0.210. The van der Waals surface area contributed by atoms with Crippen LogP contribution in [0.25, 0.3) is 0 Å². The first-order valence-electron chi connectivity index (χ1n) is 11.0. The highest BCUT2D eigenvalue weighted by atomic mass is 35.5. The van der Waals surface area contributed by atoms with Crippen LogP contribution in [0, 0.1) is 29.6 Å². The van der Waals surface area contributed by atoms with Gasteiger partial charge >= 0.3 is 0 Å². The second kappa shape index (κ2) is 10.1. The van der Waals surface area contributed by atoms with Crippen molar-refractivity contribution in [2.45, 2.75) is 102 Å². The minimum absolute atomic E-state index is 0.0483. The fourth-order valence-electron chi connectivity index (χ4n) is 5.65. The average Bonchev–Trinajstić information content (AvgIpc) is 3.26. The molecule has 1 saturated heterocycles. The van der Waals surface area contributed by atoms with Crippen molar-refractivity contribution < 1.29 is 9.53 Å². The van der Waals surface area contributed by atoms with Crippen molar-refractivity contribution in [1.29, 1.82) is 0 Å². The number of carbonyl (C=O) groups is 1. The molecule has 26 heavy (non-hydrogen) atoms. The zero-order chi connectivity index (χ0) is 18.5. The molecule has 0 aromatic carbocycles. The van der Waals surface area contributed by atoms with Crippen molar-refractivity contribution >= 4 is 28.4 Å². The van der Waals surface area contributed by atoms with E-state index in [4.69, 9.17) is 27.9 Å². The van der Waals surface area contributed by atoms with E-state index in [9.17, 15) is 4.79 Å². The van der Waals surface area contributed by atoms with Crippen LogP contribution < -0.4 is 0 Å². The average molecular weight is 403 g/mol. The molecule has 3 rings (SSSR count). The molecule has 1 heterocycles. The Bertz CT molecular complexity index is 445. The summed E-state index contributed by atoms with van der Waals surface area (Å²) in [5, 5.41) is -0.109. The van der Waals surface area contributed by atoms with Crippen LogP contribution in [0.4, 0.5) is 0 Å². The van der Waals surface area contributed by atoms with E-state index < -0.39 is 0 Å². The highest BCUT2D eigenvalue weighted by molar-refractivity contribution is 6.63. The molecule has 0 spiro atoms. The van der Waals surface area contributed by atoms with Gasteiger partial charge in [0.15, 0.2) is 5.56 Å². The highest BCUT2D eigenvalue weighted by Gasteiger charge is 2.47. The third-order valence-corrected chi connectivity index (χ3v) is 8.04. The first-order valence-corrected chi connectivity index (χ1v) is 11.9. The molecule has 2 aliphatic carbocycles. The van der Waals surface area contributed by atoms with Crippen LogP contribution >= 0.6 is 23.2 Å². The first-order chi connectivity index (χ1) is 12.6. The molecular formula is C22H36Cl2O2. The summed E-state index contributed by atoms with van der Waals surface area (Å²) in [5.41, 5.74) is -0.0881. The van der Waals surface area contributed by atoms with Gasteiger partial charge in [0.1, 0.15) is 6.10 Å². The quantitative estimate of drug-likeness (QED) is 0.291. The Balaban J connectivity index is 1.76. The Morgan fingerprint density at radius 2 is 1.46 bits per heavy atom. The Kier molecular flexibility index (Phi) is 8.15. The summed E-state index contributed by atoms with van der Waals surface area (Å²) in [6, 6.07) is 0. The van der Waals surface area contributed by atoms with Crippen LogP contribution in [0.1, 0.15) is 90.4 Å². The lowest BCUT2D eigenvalue weighted by Crippen LogP contribution is -2.27. The SMILES string of the molecule is CC1CCCC(C(=O)Cl)CC(C2CCCCCCCC2)CC1C1OC1Cl. The number of ether oxygens (including phenoxy) is 1. The van der Waals surface area contributed by atoms with E-state index in [1.807, 2.05) is 0 Å². The predicted octanol–water partition coefficient (Wildman–Crippen LogP) is 6.91. The van der Waals surface area contributed by atoms with Gasteiger partial charge in [0.2, 0.25) is 5.24 Å². The van der Waals surface area contributed by atoms with Gasteiger partial charge in [0.25, 0.3) is 0 Å². The Labute approximate surface area is 169 Å². The van der Waals surface area contributed by atoms with Crippen molar-refractivity contribution in [3.63, 3.8) is 0 Å². The van der Waals surface area contributed by atoms with E-state index >= 15 is 0 Å². The predicted molar refractivity (Wildman–Crippen MR) is 109 cm³/mol. The van der Waals surface area contributed by atoms with Gasteiger partial charge in [-0.3, -0.25) is 4.79 Å². The van der Waals surface area contributed by atoms with Crippen LogP contribution in [0.5, 0.6) is 0 Å². The van der Waals surface area contributed by atoms with Crippen molar-refractivity contribution in [2.24, 2.45) is 29.6 Å². The second-order valence-electron chi connectivity index (χ2n) is 9.22. The van der Waals surface area contributed by atoms with Crippen LogP contribution in [-0.2, 0) is 9.53 Å². The summed E-state index contributed by atoms with van der Waals surface area (Å²) in [6.45, 7) is 2.36. The van der Waals surface area contributed by atoms with Crippen LogP contribution in [0.2, 0.25) is 0 Å². The highest BCUT2D eigenvalue weighted by Crippen LogP contribution is 2.46. The molecule has 2 nitrogen and oxygen atoms in total. The molecule has 0 N–H and O–H groups in total. The van der Waals surface area contributed by atoms with Crippen molar-refractivity contribution in [3.8, 4) is 0 Å². The molecule has 1 aliphatic heterocycles. The summed E-state index contributed by atoms with van der Waals surface area (Å²) in [7, 11) is 0. The minimum Gasteiger partial charge on any atom is -0.352 e. The van der Waals surface area contributed by atoms with Crippen LogP contribution in [0.3, 0.4) is 0 Å². The van der Waals surface area contributed by atoms with Gasteiger partial charge in [-0.1, -0.05) is 82.7 Å². The summed E-state index contributed by atoms with van der Waals surface area (Å²) in [4.78, 5) is 12.1. The summed E-state index contributed by atoms with van der Waals surface area (Å²) in [6.07, 6.45) is 16.5. The molecule has 6 unspecified atom stereocenters. The standard InChI is InChI=1S/C22H36Cl2O2/c1-15-9-8-12-17(21(23)25)13-18(14-19(15)20-22(24)26-20)16-10-6-4-2-3-5-7-11-16/h15-20,22H,2-14H2,1H3. The summed E-state index contributed by atoms with van der Waals surface area (Å²) >= 11 is 12.3. The minimum atomic E-state index is -0.109. The maximum absolute atomic E-state index is 12.1. The van der Waals surface area contributed by atoms with Crippen LogP contribution in [-0.4, -0.2) is 16.9 Å². The van der Waals surface area contributed by atoms with Crippen molar-refractivity contribution in [2.75, 3.05) is 0 Å². The van der Waals surface area contributed by atoms with E-state index in [1.165, 1.54) is 57.8 Å². The van der Waals surface area contributed by atoms with Gasteiger partial charge < -0.3 is 4.74 Å². The number of epoxide rings is 1. The topological polar surface area (TPSA) is 29.6 Å². The summed E-state index contributed by atoms with van der Waals surface area (Å²) < 4.78 is 5.71. The lowest BCUT2D eigenvalue weighted by molar-refractivity contribution is -0.116. The van der Waals surface area contributed by atoms with Crippen molar-refractivity contribution in [3.05, 3.63) is 0 Å². The maximum atomic E-state index is 12.1.